The smallest absolute Gasteiger partial charge is 0.0314 e. The molecule has 2 heteroatoms. The summed E-state index contributed by atoms with van der Waals surface area (Å²) in [6.07, 6.45) is 10.1. The molecule has 0 spiro atoms. The molecular weight excluding hydrogens is 220 g/mol. The molecule has 0 fully saturated rings. The second-order valence-corrected chi connectivity index (χ2v) is 5.10. The van der Waals surface area contributed by atoms with Gasteiger partial charge in [0.15, 0.2) is 0 Å². The third kappa shape index (κ3) is 4.53. The standard InChI is InChI=1S/C16H24N2/c17-16-8-6-15(7-9-16)11-13-18-12-10-14-4-2-1-3-5-14/h4,6-9,18H,1-3,5,10-13,17H2. The Kier molecular flexibility index (Phi) is 5.28. The lowest BCUT2D eigenvalue weighted by Gasteiger charge is -2.12. The van der Waals surface area contributed by atoms with Gasteiger partial charge in [-0.25, -0.2) is 0 Å². The van der Waals surface area contributed by atoms with Gasteiger partial charge in [-0.1, -0.05) is 23.8 Å². The first-order chi connectivity index (χ1) is 8.84. The van der Waals surface area contributed by atoms with Crippen LogP contribution in [0.3, 0.4) is 0 Å². The lowest BCUT2D eigenvalue weighted by molar-refractivity contribution is 0.632. The summed E-state index contributed by atoms with van der Waals surface area (Å²) in [6, 6.07) is 8.17. The molecule has 1 aromatic rings. The van der Waals surface area contributed by atoms with E-state index in [4.69, 9.17) is 5.73 Å². The predicted molar refractivity (Wildman–Crippen MR) is 78.6 cm³/mol. The van der Waals surface area contributed by atoms with Gasteiger partial charge in [-0.2, -0.15) is 0 Å². The van der Waals surface area contributed by atoms with Crippen molar-refractivity contribution >= 4 is 5.69 Å². The molecule has 0 saturated heterocycles. The number of allylic oxidation sites excluding steroid dienone is 1. The van der Waals surface area contributed by atoms with Crippen molar-refractivity contribution in [2.75, 3.05) is 18.8 Å². The molecule has 0 amide bonds. The van der Waals surface area contributed by atoms with E-state index in [9.17, 15) is 0 Å². The van der Waals surface area contributed by atoms with Gasteiger partial charge in [-0.15, -0.1) is 0 Å². The van der Waals surface area contributed by atoms with E-state index in [0.29, 0.717) is 0 Å². The maximum absolute atomic E-state index is 5.66. The monoisotopic (exact) mass is 244 g/mol. The second kappa shape index (κ2) is 7.22. The van der Waals surface area contributed by atoms with E-state index in [0.717, 1.165) is 25.2 Å². The highest BCUT2D eigenvalue weighted by Crippen LogP contribution is 2.19. The zero-order valence-corrected chi connectivity index (χ0v) is 11.1. The van der Waals surface area contributed by atoms with Crippen LogP contribution in [0.1, 0.15) is 37.7 Å². The number of anilines is 1. The van der Waals surface area contributed by atoms with E-state index in [1.165, 1.54) is 37.7 Å². The molecule has 0 radical (unpaired) electrons. The summed E-state index contributed by atoms with van der Waals surface area (Å²) in [6.45, 7) is 2.16. The molecular formula is C16H24N2. The number of nitrogen functional groups attached to an aromatic ring is 1. The molecule has 98 valence electrons. The zero-order chi connectivity index (χ0) is 12.6. The summed E-state index contributed by atoms with van der Waals surface area (Å²) in [4.78, 5) is 0. The van der Waals surface area contributed by atoms with Gasteiger partial charge in [0.1, 0.15) is 0 Å². The molecule has 3 N–H and O–H groups in total. The van der Waals surface area contributed by atoms with Crippen LogP contribution in [0.2, 0.25) is 0 Å². The maximum Gasteiger partial charge on any atom is 0.0314 e. The number of rotatable bonds is 6. The van der Waals surface area contributed by atoms with Crippen LogP contribution in [0.15, 0.2) is 35.9 Å². The van der Waals surface area contributed by atoms with E-state index >= 15 is 0 Å². The Hall–Kier alpha value is -1.28. The lowest BCUT2D eigenvalue weighted by atomic mass is 9.97. The van der Waals surface area contributed by atoms with Crippen LogP contribution in [0.4, 0.5) is 5.69 Å². The zero-order valence-electron chi connectivity index (χ0n) is 11.1. The Morgan fingerprint density at radius 2 is 1.78 bits per heavy atom. The number of benzene rings is 1. The molecule has 0 saturated carbocycles. The summed E-state index contributed by atoms with van der Waals surface area (Å²) in [5.74, 6) is 0. The highest BCUT2D eigenvalue weighted by molar-refractivity contribution is 5.39. The summed E-state index contributed by atoms with van der Waals surface area (Å²) >= 11 is 0. The molecule has 1 aliphatic rings. The fourth-order valence-electron chi connectivity index (χ4n) is 2.42. The van der Waals surface area contributed by atoms with Crippen molar-refractivity contribution in [2.45, 2.75) is 38.5 Å². The first kappa shape index (κ1) is 13.2. The van der Waals surface area contributed by atoms with Gasteiger partial charge in [0.25, 0.3) is 0 Å². The number of nitrogens with two attached hydrogens (primary N) is 1. The van der Waals surface area contributed by atoms with Crippen molar-refractivity contribution in [2.24, 2.45) is 0 Å². The highest BCUT2D eigenvalue weighted by atomic mass is 14.8. The molecule has 0 bridgehead atoms. The molecule has 0 heterocycles. The van der Waals surface area contributed by atoms with E-state index in [1.807, 2.05) is 12.1 Å². The topological polar surface area (TPSA) is 38.0 Å². The van der Waals surface area contributed by atoms with Crippen molar-refractivity contribution in [1.29, 1.82) is 0 Å². The van der Waals surface area contributed by atoms with E-state index in [-0.39, 0.29) is 0 Å². The molecule has 0 aromatic heterocycles. The number of hydrogen-bond donors (Lipinski definition) is 2. The first-order valence-electron chi connectivity index (χ1n) is 7.07. The Balaban J connectivity index is 1.58. The molecule has 0 aliphatic heterocycles. The van der Waals surface area contributed by atoms with Gasteiger partial charge in [0.2, 0.25) is 0 Å². The van der Waals surface area contributed by atoms with Gasteiger partial charge in [0.05, 0.1) is 0 Å². The van der Waals surface area contributed by atoms with Crippen LogP contribution in [-0.4, -0.2) is 13.1 Å². The van der Waals surface area contributed by atoms with Crippen LogP contribution >= 0.6 is 0 Å². The molecule has 1 aromatic carbocycles. The minimum Gasteiger partial charge on any atom is -0.399 e. The van der Waals surface area contributed by atoms with Gasteiger partial charge in [-0.05, 0) is 69.3 Å². The summed E-state index contributed by atoms with van der Waals surface area (Å²) in [7, 11) is 0. The van der Waals surface area contributed by atoms with Crippen molar-refractivity contribution in [3.63, 3.8) is 0 Å². The van der Waals surface area contributed by atoms with E-state index in [2.05, 4.69) is 23.5 Å². The molecule has 1 aliphatic carbocycles. The van der Waals surface area contributed by atoms with Crippen molar-refractivity contribution in [1.82, 2.24) is 5.32 Å². The van der Waals surface area contributed by atoms with Crippen molar-refractivity contribution in [3.8, 4) is 0 Å². The Morgan fingerprint density at radius 1 is 1.00 bits per heavy atom. The number of nitrogens with one attached hydrogen (secondary N) is 1. The number of hydrogen-bond acceptors (Lipinski definition) is 2. The van der Waals surface area contributed by atoms with Crippen LogP contribution in [0.5, 0.6) is 0 Å². The normalized spacial score (nSPS) is 15.4. The Labute approximate surface area is 110 Å². The van der Waals surface area contributed by atoms with Gasteiger partial charge >= 0.3 is 0 Å². The summed E-state index contributed by atoms with van der Waals surface area (Å²) in [5.41, 5.74) is 9.52. The summed E-state index contributed by atoms with van der Waals surface area (Å²) < 4.78 is 0. The summed E-state index contributed by atoms with van der Waals surface area (Å²) in [5, 5.41) is 3.52. The SMILES string of the molecule is Nc1ccc(CCNCCC2=CCCCC2)cc1. The van der Waals surface area contributed by atoms with E-state index in [1.54, 1.807) is 5.57 Å². The molecule has 2 rings (SSSR count). The lowest BCUT2D eigenvalue weighted by Crippen LogP contribution is -2.19. The third-order valence-corrected chi connectivity index (χ3v) is 3.58. The average molecular weight is 244 g/mol. The Morgan fingerprint density at radius 3 is 2.50 bits per heavy atom. The quantitative estimate of drug-likeness (QED) is 0.458. The Bertz CT molecular complexity index is 379. The minimum absolute atomic E-state index is 0.843. The first-order valence-corrected chi connectivity index (χ1v) is 7.07. The molecule has 0 unspecified atom stereocenters. The van der Waals surface area contributed by atoms with E-state index < -0.39 is 0 Å². The minimum atomic E-state index is 0.843. The molecule has 18 heavy (non-hydrogen) atoms. The average Bonchev–Trinajstić information content (AvgIpc) is 2.42. The molecule has 2 nitrogen and oxygen atoms in total. The predicted octanol–water partition coefficient (Wildman–Crippen LogP) is 3.29. The van der Waals surface area contributed by atoms with Crippen molar-refractivity contribution < 1.29 is 0 Å². The highest BCUT2D eigenvalue weighted by Gasteiger charge is 2.02. The van der Waals surface area contributed by atoms with Crippen molar-refractivity contribution in [3.05, 3.63) is 41.5 Å². The van der Waals surface area contributed by atoms with Crippen LogP contribution in [-0.2, 0) is 6.42 Å². The van der Waals surface area contributed by atoms with Gasteiger partial charge in [0, 0.05) is 5.69 Å². The fraction of sp³-hybridized carbons (Fsp3) is 0.500. The van der Waals surface area contributed by atoms with Crippen LogP contribution in [0.25, 0.3) is 0 Å². The maximum atomic E-state index is 5.66. The van der Waals surface area contributed by atoms with Gasteiger partial charge in [-0.3, -0.25) is 0 Å². The molecule has 0 atom stereocenters. The third-order valence-electron chi connectivity index (χ3n) is 3.58. The van der Waals surface area contributed by atoms with Crippen LogP contribution < -0.4 is 11.1 Å². The fourth-order valence-corrected chi connectivity index (χ4v) is 2.42. The second-order valence-electron chi connectivity index (χ2n) is 5.10. The van der Waals surface area contributed by atoms with Gasteiger partial charge < -0.3 is 11.1 Å². The van der Waals surface area contributed by atoms with Crippen LogP contribution in [0, 0.1) is 0 Å². The largest absolute Gasteiger partial charge is 0.399 e.